The summed E-state index contributed by atoms with van der Waals surface area (Å²) in [5, 5.41) is 19.7. The lowest BCUT2D eigenvalue weighted by Gasteiger charge is -2.28. The summed E-state index contributed by atoms with van der Waals surface area (Å²) >= 11 is 0. The SMILES string of the molecule is Nc1nc(N(CC(=O)O)C2CCCC2)ccc1[N+](=O)[O-]. The van der Waals surface area contributed by atoms with Crippen LogP contribution in [0.15, 0.2) is 12.1 Å². The monoisotopic (exact) mass is 280 g/mol. The number of nitro groups is 1. The number of carboxylic acid groups (broad SMARTS) is 1. The van der Waals surface area contributed by atoms with E-state index in [9.17, 15) is 14.9 Å². The minimum Gasteiger partial charge on any atom is -0.480 e. The van der Waals surface area contributed by atoms with Gasteiger partial charge < -0.3 is 15.7 Å². The van der Waals surface area contributed by atoms with Crippen molar-refractivity contribution in [2.45, 2.75) is 31.7 Å². The second-order valence-corrected chi connectivity index (χ2v) is 4.79. The molecular weight excluding hydrogens is 264 g/mol. The van der Waals surface area contributed by atoms with Crippen LogP contribution in [0.25, 0.3) is 0 Å². The van der Waals surface area contributed by atoms with Crippen molar-refractivity contribution in [3.63, 3.8) is 0 Å². The summed E-state index contributed by atoms with van der Waals surface area (Å²) in [6, 6.07) is 2.82. The number of hydrogen-bond donors (Lipinski definition) is 2. The minimum atomic E-state index is -0.962. The standard InChI is InChI=1S/C12H16N4O4/c13-12-9(16(19)20)5-6-10(14-12)15(7-11(17)18)8-3-1-2-4-8/h5-6,8H,1-4,7H2,(H2,13,14)(H,17,18). The van der Waals surface area contributed by atoms with Crippen molar-refractivity contribution in [1.82, 2.24) is 4.98 Å². The van der Waals surface area contributed by atoms with Crippen LogP contribution in [-0.4, -0.2) is 33.6 Å². The van der Waals surface area contributed by atoms with Gasteiger partial charge in [0.15, 0.2) is 0 Å². The number of pyridine rings is 1. The molecule has 0 saturated heterocycles. The maximum Gasteiger partial charge on any atom is 0.323 e. The molecule has 1 aliphatic carbocycles. The van der Waals surface area contributed by atoms with Crippen LogP contribution in [0.5, 0.6) is 0 Å². The van der Waals surface area contributed by atoms with E-state index in [-0.39, 0.29) is 24.1 Å². The molecule has 0 atom stereocenters. The van der Waals surface area contributed by atoms with Crippen molar-refractivity contribution in [3.05, 3.63) is 22.2 Å². The second-order valence-electron chi connectivity index (χ2n) is 4.79. The van der Waals surface area contributed by atoms with E-state index < -0.39 is 10.9 Å². The van der Waals surface area contributed by atoms with Crippen molar-refractivity contribution in [1.29, 1.82) is 0 Å². The molecule has 0 aromatic carbocycles. The Morgan fingerprint density at radius 1 is 1.50 bits per heavy atom. The van der Waals surface area contributed by atoms with Crippen LogP contribution in [-0.2, 0) is 4.79 Å². The van der Waals surface area contributed by atoms with Gasteiger partial charge in [-0.1, -0.05) is 12.8 Å². The molecule has 0 radical (unpaired) electrons. The lowest BCUT2D eigenvalue weighted by Crippen LogP contribution is -2.38. The molecular formula is C12H16N4O4. The zero-order valence-corrected chi connectivity index (χ0v) is 10.9. The van der Waals surface area contributed by atoms with E-state index in [0.29, 0.717) is 5.82 Å². The third kappa shape index (κ3) is 2.95. The fraction of sp³-hybridized carbons (Fsp3) is 0.500. The van der Waals surface area contributed by atoms with Gasteiger partial charge in [-0.3, -0.25) is 14.9 Å². The Hall–Kier alpha value is -2.38. The van der Waals surface area contributed by atoms with Gasteiger partial charge in [0.05, 0.1) is 4.92 Å². The molecule has 1 saturated carbocycles. The summed E-state index contributed by atoms with van der Waals surface area (Å²) < 4.78 is 0. The number of rotatable bonds is 5. The molecule has 108 valence electrons. The minimum absolute atomic E-state index is 0.0967. The lowest BCUT2D eigenvalue weighted by atomic mass is 10.2. The molecule has 1 heterocycles. The van der Waals surface area contributed by atoms with Crippen molar-refractivity contribution < 1.29 is 14.8 Å². The molecule has 0 aliphatic heterocycles. The van der Waals surface area contributed by atoms with E-state index in [0.717, 1.165) is 25.7 Å². The number of nitrogen functional groups attached to an aromatic ring is 1. The van der Waals surface area contributed by atoms with Crippen molar-refractivity contribution in [3.8, 4) is 0 Å². The first-order valence-electron chi connectivity index (χ1n) is 6.38. The zero-order valence-electron chi connectivity index (χ0n) is 10.9. The quantitative estimate of drug-likeness (QED) is 0.617. The van der Waals surface area contributed by atoms with Gasteiger partial charge in [-0.25, -0.2) is 4.98 Å². The van der Waals surface area contributed by atoms with Crippen LogP contribution in [0.2, 0.25) is 0 Å². The fourth-order valence-corrected chi connectivity index (χ4v) is 2.53. The number of nitrogens with two attached hydrogens (primary N) is 1. The average Bonchev–Trinajstić information content (AvgIpc) is 2.88. The molecule has 0 amide bonds. The Kier molecular flexibility index (Phi) is 4.02. The second kappa shape index (κ2) is 5.72. The molecule has 1 aromatic rings. The van der Waals surface area contributed by atoms with Crippen molar-refractivity contribution in [2.75, 3.05) is 17.2 Å². The molecule has 2 rings (SSSR count). The maximum atomic E-state index is 11.0. The molecule has 1 aliphatic rings. The Morgan fingerprint density at radius 3 is 2.65 bits per heavy atom. The lowest BCUT2D eigenvalue weighted by molar-refractivity contribution is -0.384. The highest BCUT2D eigenvalue weighted by Gasteiger charge is 2.26. The van der Waals surface area contributed by atoms with Crippen LogP contribution in [0.3, 0.4) is 0 Å². The number of nitrogens with zero attached hydrogens (tertiary/aromatic N) is 3. The van der Waals surface area contributed by atoms with E-state index in [1.807, 2.05) is 0 Å². The van der Waals surface area contributed by atoms with E-state index in [2.05, 4.69) is 4.98 Å². The van der Waals surface area contributed by atoms with Gasteiger partial charge in [0.2, 0.25) is 5.82 Å². The topological polar surface area (TPSA) is 123 Å². The number of carbonyl (C=O) groups is 1. The number of anilines is 2. The Labute approximate surface area is 115 Å². The van der Waals surface area contributed by atoms with Gasteiger partial charge >= 0.3 is 11.7 Å². The molecule has 1 fully saturated rings. The first-order valence-corrected chi connectivity index (χ1v) is 6.38. The molecule has 0 unspecified atom stereocenters. The van der Waals surface area contributed by atoms with Crippen molar-refractivity contribution in [2.24, 2.45) is 0 Å². The fourth-order valence-electron chi connectivity index (χ4n) is 2.53. The van der Waals surface area contributed by atoms with Crippen LogP contribution in [0.4, 0.5) is 17.3 Å². The summed E-state index contributed by atoms with van der Waals surface area (Å²) in [4.78, 5) is 26.8. The molecule has 20 heavy (non-hydrogen) atoms. The van der Waals surface area contributed by atoms with E-state index in [4.69, 9.17) is 10.8 Å². The first kappa shape index (κ1) is 14.0. The highest BCUT2D eigenvalue weighted by Crippen LogP contribution is 2.29. The summed E-state index contributed by atoms with van der Waals surface area (Å²) in [7, 11) is 0. The van der Waals surface area contributed by atoms with Gasteiger partial charge in [-0.2, -0.15) is 0 Å². The van der Waals surface area contributed by atoms with Crippen molar-refractivity contribution >= 4 is 23.3 Å². The molecule has 8 heteroatoms. The predicted octanol–water partition coefficient (Wildman–Crippen LogP) is 1.41. The average molecular weight is 280 g/mol. The Balaban J connectivity index is 2.30. The van der Waals surface area contributed by atoms with E-state index in [1.165, 1.54) is 12.1 Å². The largest absolute Gasteiger partial charge is 0.480 e. The smallest absolute Gasteiger partial charge is 0.323 e. The number of hydrogen-bond acceptors (Lipinski definition) is 6. The third-order valence-electron chi connectivity index (χ3n) is 3.45. The molecule has 0 bridgehead atoms. The Bertz CT molecular complexity index is 528. The number of carboxylic acids is 1. The maximum absolute atomic E-state index is 11.0. The van der Waals surface area contributed by atoms with E-state index in [1.54, 1.807) is 4.90 Å². The van der Waals surface area contributed by atoms with Crippen LogP contribution in [0, 0.1) is 10.1 Å². The predicted molar refractivity (Wildman–Crippen MR) is 72.5 cm³/mol. The van der Waals surface area contributed by atoms with Crippen LogP contribution >= 0.6 is 0 Å². The van der Waals surface area contributed by atoms with Gasteiger partial charge in [0.1, 0.15) is 12.4 Å². The number of aromatic nitrogens is 1. The molecule has 1 aromatic heterocycles. The molecule has 8 nitrogen and oxygen atoms in total. The highest BCUT2D eigenvalue weighted by atomic mass is 16.6. The number of aliphatic carboxylic acids is 1. The normalized spacial score (nSPS) is 15.2. The molecule has 0 spiro atoms. The third-order valence-corrected chi connectivity index (χ3v) is 3.45. The molecule has 3 N–H and O–H groups in total. The van der Waals surface area contributed by atoms with E-state index >= 15 is 0 Å². The highest BCUT2D eigenvalue weighted by molar-refractivity contribution is 5.74. The van der Waals surface area contributed by atoms with Gasteiger partial charge in [0.25, 0.3) is 0 Å². The van der Waals surface area contributed by atoms with Gasteiger partial charge in [-0.15, -0.1) is 0 Å². The van der Waals surface area contributed by atoms with Gasteiger partial charge in [-0.05, 0) is 18.9 Å². The summed E-state index contributed by atoms with van der Waals surface area (Å²) in [6.07, 6.45) is 3.88. The van der Waals surface area contributed by atoms with Crippen LogP contribution < -0.4 is 10.6 Å². The summed E-state index contributed by atoms with van der Waals surface area (Å²) in [6.45, 7) is -0.186. The van der Waals surface area contributed by atoms with Crippen LogP contribution in [0.1, 0.15) is 25.7 Å². The Morgan fingerprint density at radius 2 is 2.15 bits per heavy atom. The zero-order chi connectivity index (χ0) is 14.7. The first-order chi connectivity index (χ1) is 9.49. The summed E-state index contributed by atoms with van der Waals surface area (Å²) in [5.74, 6) is -0.779. The summed E-state index contributed by atoms with van der Waals surface area (Å²) in [5.41, 5.74) is 5.29. The van der Waals surface area contributed by atoms with Gasteiger partial charge in [0, 0.05) is 12.1 Å².